The van der Waals surface area contributed by atoms with E-state index < -0.39 is 12.0 Å². The number of carbonyl (C=O) groups is 2. The summed E-state index contributed by atoms with van der Waals surface area (Å²) < 4.78 is 11.6. The minimum absolute atomic E-state index is 0.221. The van der Waals surface area contributed by atoms with Gasteiger partial charge in [-0.1, -0.05) is 43.7 Å². The maximum atomic E-state index is 12.6. The fourth-order valence-electron chi connectivity index (χ4n) is 3.82. The summed E-state index contributed by atoms with van der Waals surface area (Å²) in [6.45, 7) is 6.51. The third-order valence-corrected chi connectivity index (χ3v) is 5.65. The van der Waals surface area contributed by atoms with Gasteiger partial charge in [0.1, 0.15) is 17.6 Å². The summed E-state index contributed by atoms with van der Waals surface area (Å²) in [7, 11) is 0. The lowest BCUT2D eigenvalue weighted by molar-refractivity contribution is -0.149. The van der Waals surface area contributed by atoms with Gasteiger partial charge >= 0.3 is 5.97 Å². The van der Waals surface area contributed by atoms with Gasteiger partial charge in [0.15, 0.2) is 0 Å². The van der Waals surface area contributed by atoms with E-state index in [2.05, 4.69) is 18.0 Å². The first-order valence-electron chi connectivity index (χ1n) is 11.6. The molecule has 1 amide bonds. The number of amides is 1. The molecular formula is C27H32N2O5. The minimum Gasteiger partial charge on any atom is -0.493 e. The number of benzene rings is 1. The Balaban J connectivity index is 1.66. The Hall–Kier alpha value is -3.61. The number of aromatic nitrogens is 1. The Labute approximate surface area is 200 Å². The number of carboxylic acid groups (broad SMARTS) is 1. The third kappa shape index (κ3) is 6.47. The fourth-order valence-corrected chi connectivity index (χ4v) is 3.82. The standard InChI is InChI=1S/C27H32N2O5/c1-4-6-8-10-25-28-23(19(3)34-25)14-15-33-22-13-12-20-17-24(27(31)32)29(18-21(20)16-22)26(30)11-9-7-5-2/h5,7-13,16,24H,4,6,14-15,17-18H2,1-3H3,(H,31,32)/b7-5+,10-8+,11-9+/t24-/m0/s1. The van der Waals surface area contributed by atoms with Gasteiger partial charge in [0.05, 0.1) is 12.3 Å². The van der Waals surface area contributed by atoms with Crippen LogP contribution in [0, 0.1) is 6.92 Å². The van der Waals surface area contributed by atoms with Crippen molar-refractivity contribution in [3.63, 3.8) is 0 Å². The summed E-state index contributed by atoms with van der Waals surface area (Å²) in [6, 6.07) is 4.72. The van der Waals surface area contributed by atoms with Crippen LogP contribution in [0.3, 0.4) is 0 Å². The number of ether oxygens (including phenoxy) is 1. The third-order valence-electron chi connectivity index (χ3n) is 5.65. The van der Waals surface area contributed by atoms with Gasteiger partial charge in [-0.2, -0.15) is 0 Å². The topological polar surface area (TPSA) is 92.9 Å². The highest BCUT2D eigenvalue weighted by molar-refractivity contribution is 5.92. The molecule has 0 radical (unpaired) electrons. The van der Waals surface area contributed by atoms with Crippen LogP contribution in [0.5, 0.6) is 5.75 Å². The highest BCUT2D eigenvalue weighted by atomic mass is 16.5. The molecule has 0 aliphatic carbocycles. The van der Waals surface area contributed by atoms with Crippen LogP contribution in [0.25, 0.3) is 6.08 Å². The normalized spacial score (nSPS) is 16.0. The first-order valence-corrected chi connectivity index (χ1v) is 11.6. The number of oxazole rings is 1. The number of hydrogen-bond donors (Lipinski definition) is 1. The molecule has 34 heavy (non-hydrogen) atoms. The SMILES string of the molecule is C/C=C/C=C/C(=O)N1Cc2cc(OCCc3nc(/C=C/CCC)oc3C)ccc2C[C@H]1C(=O)O. The van der Waals surface area contributed by atoms with Crippen LogP contribution in [0.15, 0.2) is 53.0 Å². The number of aryl methyl sites for hydroxylation is 1. The summed E-state index contributed by atoms with van der Waals surface area (Å²) in [4.78, 5) is 30.3. The molecule has 0 unspecified atom stereocenters. The number of rotatable bonds is 10. The number of aliphatic carboxylic acids is 1. The first-order chi connectivity index (χ1) is 16.4. The van der Waals surface area contributed by atoms with Gasteiger partial charge in [0.25, 0.3) is 0 Å². The molecule has 0 saturated heterocycles. The molecule has 1 N–H and O–H groups in total. The van der Waals surface area contributed by atoms with E-state index in [1.807, 2.05) is 38.1 Å². The molecule has 0 fully saturated rings. The highest BCUT2D eigenvalue weighted by Crippen LogP contribution is 2.28. The minimum atomic E-state index is -1.01. The molecule has 2 heterocycles. The maximum absolute atomic E-state index is 12.6. The zero-order chi connectivity index (χ0) is 24.5. The average molecular weight is 465 g/mol. The summed E-state index contributed by atoms with van der Waals surface area (Å²) in [5.41, 5.74) is 2.67. The van der Waals surface area contributed by atoms with Crippen molar-refractivity contribution in [2.45, 2.75) is 59.0 Å². The zero-order valence-corrected chi connectivity index (χ0v) is 20.0. The Morgan fingerprint density at radius 2 is 2.12 bits per heavy atom. The van der Waals surface area contributed by atoms with Gasteiger partial charge in [-0.25, -0.2) is 9.78 Å². The average Bonchev–Trinajstić information content (AvgIpc) is 3.17. The monoisotopic (exact) mass is 464 g/mol. The predicted octanol–water partition coefficient (Wildman–Crippen LogP) is 4.89. The van der Waals surface area contributed by atoms with Gasteiger partial charge < -0.3 is 19.2 Å². The van der Waals surface area contributed by atoms with Gasteiger partial charge in [0, 0.05) is 25.5 Å². The van der Waals surface area contributed by atoms with Crippen molar-refractivity contribution in [1.82, 2.24) is 9.88 Å². The van der Waals surface area contributed by atoms with Crippen molar-refractivity contribution >= 4 is 18.0 Å². The Kier molecular flexibility index (Phi) is 8.85. The van der Waals surface area contributed by atoms with Crippen molar-refractivity contribution in [2.24, 2.45) is 0 Å². The molecule has 180 valence electrons. The molecule has 1 atom stereocenters. The van der Waals surface area contributed by atoms with Gasteiger partial charge in [-0.15, -0.1) is 0 Å². The Morgan fingerprint density at radius 1 is 1.29 bits per heavy atom. The molecule has 1 aromatic heterocycles. The molecule has 1 aromatic carbocycles. The molecule has 1 aliphatic rings. The van der Waals surface area contributed by atoms with Gasteiger partial charge in [-0.05, 0) is 49.6 Å². The zero-order valence-electron chi connectivity index (χ0n) is 20.0. The summed E-state index contributed by atoms with van der Waals surface area (Å²) in [6.07, 6.45) is 13.4. The van der Waals surface area contributed by atoms with Crippen LogP contribution < -0.4 is 4.74 Å². The van der Waals surface area contributed by atoms with Gasteiger partial charge in [0.2, 0.25) is 11.8 Å². The van der Waals surface area contributed by atoms with E-state index in [0.717, 1.165) is 35.4 Å². The van der Waals surface area contributed by atoms with Crippen LogP contribution in [-0.4, -0.2) is 39.5 Å². The van der Waals surface area contributed by atoms with E-state index in [-0.39, 0.29) is 18.9 Å². The lowest BCUT2D eigenvalue weighted by Gasteiger charge is -2.34. The van der Waals surface area contributed by atoms with Crippen LogP contribution >= 0.6 is 0 Å². The number of carboxylic acids is 1. The van der Waals surface area contributed by atoms with Crippen LogP contribution in [-0.2, 0) is 29.0 Å². The molecule has 3 rings (SSSR count). The predicted molar refractivity (Wildman–Crippen MR) is 130 cm³/mol. The van der Waals surface area contributed by atoms with Crippen LogP contribution in [0.1, 0.15) is 55.2 Å². The first kappa shape index (κ1) is 25.0. The molecule has 1 aliphatic heterocycles. The number of nitrogens with zero attached hydrogens (tertiary/aromatic N) is 2. The second-order valence-electron chi connectivity index (χ2n) is 8.18. The molecule has 7 nitrogen and oxygen atoms in total. The second kappa shape index (κ2) is 12.0. The lowest BCUT2D eigenvalue weighted by Crippen LogP contribution is -2.48. The number of hydrogen-bond acceptors (Lipinski definition) is 5. The molecular weight excluding hydrogens is 432 g/mol. The summed E-state index contributed by atoms with van der Waals surface area (Å²) in [5.74, 6) is 0.730. The smallest absolute Gasteiger partial charge is 0.326 e. The Morgan fingerprint density at radius 3 is 2.85 bits per heavy atom. The van der Waals surface area contributed by atoms with Crippen molar-refractivity contribution in [3.05, 3.63) is 77.1 Å². The molecule has 7 heteroatoms. The number of carbonyl (C=O) groups excluding carboxylic acids is 1. The van der Waals surface area contributed by atoms with E-state index in [1.54, 1.807) is 18.2 Å². The summed E-state index contributed by atoms with van der Waals surface area (Å²) >= 11 is 0. The van der Waals surface area contributed by atoms with Crippen LogP contribution in [0.2, 0.25) is 0 Å². The van der Waals surface area contributed by atoms with E-state index in [4.69, 9.17) is 9.15 Å². The van der Waals surface area contributed by atoms with E-state index in [9.17, 15) is 14.7 Å². The molecule has 0 saturated carbocycles. The second-order valence-corrected chi connectivity index (χ2v) is 8.18. The Bertz CT molecular complexity index is 1100. The quantitative estimate of drug-likeness (QED) is 0.398. The van der Waals surface area contributed by atoms with Crippen molar-refractivity contribution < 1.29 is 23.8 Å². The van der Waals surface area contributed by atoms with E-state index >= 15 is 0 Å². The molecule has 2 aromatic rings. The van der Waals surface area contributed by atoms with E-state index in [1.165, 1.54) is 11.0 Å². The largest absolute Gasteiger partial charge is 0.493 e. The number of fused-ring (bicyclic) bond motifs is 1. The highest BCUT2D eigenvalue weighted by Gasteiger charge is 2.33. The van der Waals surface area contributed by atoms with Crippen LogP contribution in [0.4, 0.5) is 0 Å². The fraction of sp³-hybridized carbons (Fsp3) is 0.370. The maximum Gasteiger partial charge on any atom is 0.326 e. The van der Waals surface area contributed by atoms with E-state index in [0.29, 0.717) is 24.7 Å². The molecule has 0 bridgehead atoms. The number of unbranched alkanes of at least 4 members (excludes halogenated alkanes) is 1. The number of allylic oxidation sites excluding steroid dienone is 4. The molecule has 0 spiro atoms. The van der Waals surface area contributed by atoms with Crippen molar-refractivity contribution in [3.8, 4) is 5.75 Å². The summed E-state index contributed by atoms with van der Waals surface area (Å²) in [5, 5.41) is 9.64. The van der Waals surface area contributed by atoms with Gasteiger partial charge in [-0.3, -0.25) is 4.79 Å². The van der Waals surface area contributed by atoms with Crippen molar-refractivity contribution in [2.75, 3.05) is 6.61 Å². The lowest BCUT2D eigenvalue weighted by atomic mass is 9.93. The van der Waals surface area contributed by atoms with Crippen molar-refractivity contribution in [1.29, 1.82) is 0 Å².